The Balaban J connectivity index is 1.31. The number of nitrogens with one attached hydrogen (secondary N) is 2. The molecule has 2 aromatic rings. The zero-order valence-electron chi connectivity index (χ0n) is 17.2. The van der Waals surface area contributed by atoms with Gasteiger partial charge in [0.1, 0.15) is 5.82 Å². The van der Waals surface area contributed by atoms with Crippen LogP contribution in [-0.4, -0.2) is 49.0 Å². The van der Waals surface area contributed by atoms with E-state index in [-0.39, 0.29) is 11.8 Å². The summed E-state index contributed by atoms with van der Waals surface area (Å²) in [6.45, 7) is 4.35. The van der Waals surface area contributed by atoms with Crippen LogP contribution in [-0.2, 0) is 4.79 Å². The molecule has 0 unspecified atom stereocenters. The lowest BCUT2D eigenvalue weighted by atomic mass is 9.88. The number of pyridine rings is 1. The number of hydrogen-bond acceptors (Lipinski definition) is 5. The summed E-state index contributed by atoms with van der Waals surface area (Å²) >= 11 is 0. The van der Waals surface area contributed by atoms with Crippen LogP contribution in [0.15, 0.2) is 42.6 Å². The molecule has 1 saturated carbocycles. The Bertz CT molecular complexity index is 791. The lowest BCUT2D eigenvalue weighted by Gasteiger charge is -2.34. The molecule has 0 radical (unpaired) electrons. The minimum atomic E-state index is 0.131. The lowest BCUT2D eigenvalue weighted by Crippen LogP contribution is -2.44. The van der Waals surface area contributed by atoms with E-state index in [1.165, 1.54) is 12.1 Å². The molecule has 1 saturated heterocycles. The number of likely N-dealkylation sites (N-methyl/N-ethyl adjacent to an activating group) is 1. The molecule has 1 aliphatic carbocycles. The predicted octanol–water partition coefficient (Wildman–Crippen LogP) is 4.10. The normalized spacial score (nSPS) is 18.4. The molecule has 1 aromatic carbocycles. The fourth-order valence-corrected chi connectivity index (χ4v) is 4.12. The first-order valence-electron chi connectivity index (χ1n) is 10.7. The molecule has 2 aliphatic rings. The van der Waals surface area contributed by atoms with Crippen LogP contribution in [0, 0.1) is 5.92 Å². The average molecular weight is 394 g/mol. The van der Waals surface area contributed by atoms with E-state index in [0.29, 0.717) is 0 Å². The van der Waals surface area contributed by atoms with E-state index in [0.717, 1.165) is 69.1 Å². The molecule has 29 heavy (non-hydrogen) atoms. The van der Waals surface area contributed by atoms with Crippen LogP contribution in [0.2, 0.25) is 0 Å². The summed E-state index contributed by atoms with van der Waals surface area (Å²) in [5.74, 6) is 1.06. The molecule has 6 heteroatoms. The van der Waals surface area contributed by atoms with E-state index < -0.39 is 0 Å². The van der Waals surface area contributed by atoms with Crippen LogP contribution in [0.1, 0.15) is 32.1 Å². The standard InChI is InChI=1S/C23H31N5O/c1-27-13-15-28(16-14-27)21-10-7-19(8-11-21)25-22-12-9-20(17-24-22)26-23(29)18-5-3-2-4-6-18/h7-12,17-18H,2-6,13-16H2,1H3,(H,24,25)(H,26,29). The second-order valence-corrected chi connectivity index (χ2v) is 8.22. The van der Waals surface area contributed by atoms with E-state index >= 15 is 0 Å². The number of aromatic nitrogens is 1. The number of piperazine rings is 1. The molecular formula is C23H31N5O. The third-order valence-corrected chi connectivity index (χ3v) is 6.02. The summed E-state index contributed by atoms with van der Waals surface area (Å²) < 4.78 is 0. The van der Waals surface area contributed by atoms with Gasteiger partial charge in [-0.25, -0.2) is 4.98 Å². The monoisotopic (exact) mass is 393 g/mol. The lowest BCUT2D eigenvalue weighted by molar-refractivity contribution is -0.120. The van der Waals surface area contributed by atoms with Gasteiger partial charge in [0, 0.05) is 43.5 Å². The number of carbonyl (C=O) groups is 1. The average Bonchev–Trinajstić information content (AvgIpc) is 2.77. The van der Waals surface area contributed by atoms with E-state index in [2.05, 4.69) is 56.7 Å². The third kappa shape index (κ3) is 5.26. The predicted molar refractivity (Wildman–Crippen MR) is 119 cm³/mol. The van der Waals surface area contributed by atoms with Crippen molar-refractivity contribution in [3.8, 4) is 0 Å². The second kappa shape index (κ2) is 9.27. The van der Waals surface area contributed by atoms with Gasteiger partial charge >= 0.3 is 0 Å². The summed E-state index contributed by atoms with van der Waals surface area (Å²) in [7, 11) is 2.17. The molecule has 0 atom stereocenters. The fourth-order valence-electron chi connectivity index (χ4n) is 4.12. The van der Waals surface area contributed by atoms with E-state index in [4.69, 9.17) is 0 Å². The summed E-state index contributed by atoms with van der Waals surface area (Å²) in [5.41, 5.74) is 3.03. The molecule has 0 spiro atoms. The Morgan fingerprint density at radius 2 is 1.62 bits per heavy atom. The molecule has 4 rings (SSSR count). The van der Waals surface area contributed by atoms with Crippen LogP contribution >= 0.6 is 0 Å². The van der Waals surface area contributed by atoms with Crippen molar-refractivity contribution in [2.45, 2.75) is 32.1 Å². The highest BCUT2D eigenvalue weighted by molar-refractivity contribution is 5.92. The highest BCUT2D eigenvalue weighted by atomic mass is 16.1. The van der Waals surface area contributed by atoms with Gasteiger partial charge in [-0.15, -0.1) is 0 Å². The van der Waals surface area contributed by atoms with Crippen molar-refractivity contribution in [2.24, 2.45) is 5.92 Å². The minimum Gasteiger partial charge on any atom is -0.369 e. The van der Waals surface area contributed by atoms with Crippen molar-refractivity contribution in [1.29, 1.82) is 0 Å². The summed E-state index contributed by atoms with van der Waals surface area (Å²) in [5, 5.41) is 6.35. The summed E-state index contributed by atoms with van der Waals surface area (Å²) in [6.07, 6.45) is 7.30. The Kier molecular flexibility index (Phi) is 6.30. The largest absolute Gasteiger partial charge is 0.369 e. The Morgan fingerprint density at radius 3 is 2.28 bits per heavy atom. The van der Waals surface area contributed by atoms with Gasteiger partial charge in [-0.05, 0) is 56.3 Å². The van der Waals surface area contributed by atoms with Crippen molar-refractivity contribution in [3.05, 3.63) is 42.6 Å². The number of anilines is 4. The smallest absolute Gasteiger partial charge is 0.227 e. The van der Waals surface area contributed by atoms with Gasteiger partial charge in [0.25, 0.3) is 0 Å². The Morgan fingerprint density at radius 1 is 0.931 bits per heavy atom. The summed E-state index contributed by atoms with van der Waals surface area (Å²) in [6, 6.07) is 12.3. The van der Waals surface area contributed by atoms with Crippen molar-refractivity contribution < 1.29 is 4.79 Å². The quantitative estimate of drug-likeness (QED) is 0.801. The van der Waals surface area contributed by atoms with Gasteiger partial charge in [-0.3, -0.25) is 4.79 Å². The second-order valence-electron chi connectivity index (χ2n) is 8.22. The maximum atomic E-state index is 12.4. The Labute approximate surface area is 173 Å². The number of carbonyl (C=O) groups excluding carboxylic acids is 1. The molecule has 2 fully saturated rings. The fraction of sp³-hybridized carbons (Fsp3) is 0.478. The molecule has 1 aromatic heterocycles. The first-order valence-corrected chi connectivity index (χ1v) is 10.7. The zero-order valence-corrected chi connectivity index (χ0v) is 17.2. The maximum absolute atomic E-state index is 12.4. The first kappa shape index (κ1) is 19.7. The molecule has 0 bridgehead atoms. The van der Waals surface area contributed by atoms with Crippen LogP contribution in [0.25, 0.3) is 0 Å². The van der Waals surface area contributed by atoms with Crippen molar-refractivity contribution in [2.75, 3.05) is 48.8 Å². The molecule has 6 nitrogen and oxygen atoms in total. The van der Waals surface area contributed by atoms with Gasteiger partial charge in [0.15, 0.2) is 0 Å². The minimum absolute atomic E-state index is 0.131. The first-order chi connectivity index (χ1) is 14.2. The number of rotatable bonds is 5. The van der Waals surface area contributed by atoms with Gasteiger partial charge in [-0.1, -0.05) is 19.3 Å². The molecule has 1 amide bonds. The molecular weight excluding hydrogens is 362 g/mol. The summed E-state index contributed by atoms with van der Waals surface area (Å²) in [4.78, 5) is 21.6. The van der Waals surface area contributed by atoms with Crippen molar-refractivity contribution in [3.63, 3.8) is 0 Å². The van der Waals surface area contributed by atoms with Crippen LogP contribution in [0.3, 0.4) is 0 Å². The van der Waals surface area contributed by atoms with Gasteiger partial charge < -0.3 is 20.4 Å². The number of hydrogen-bond donors (Lipinski definition) is 2. The van der Waals surface area contributed by atoms with Crippen LogP contribution in [0.4, 0.5) is 22.9 Å². The SMILES string of the molecule is CN1CCN(c2ccc(Nc3ccc(NC(=O)C4CCCCC4)cn3)cc2)CC1. The van der Waals surface area contributed by atoms with E-state index in [9.17, 15) is 4.79 Å². The van der Waals surface area contributed by atoms with Crippen molar-refractivity contribution in [1.82, 2.24) is 9.88 Å². The molecule has 2 heterocycles. The van der Waals surface area contributed by atoms with Gasteiger partial charge in [-0.2, -0.15) is 0 Å². The maximum Gasteiger partial charge on any atom is 0.227 e. The third-order valence-electron chi connectivity index (χ3n) is 6.02. The van der Waals surface area contributed by atoms with E-state index in [1.54, 1.807) is 6.20 Å². The molecule has 1 aliphatic heterocycles. The molecule has 2 N–H and O–H groups in total. The molecule has 154 valence electrons. The van der Waals surface area contributed by atoms with Crippen LogP contribution in [0.5, 0.6) is 0 Å². The van der Waals surface area contributed by atoms with Gasteiger partial charge in [0.2, 0.25) is 5.91 Å². The number of benzene rings is 1. The topological polar surface area (TPSA) is 60.5 Å². The van der Waals surface area contributed by atoms with E-state index in [1.807, 2.05) is 12.1 Å². The number of nitrogens with zero attached hydrogens (tertiary/aromatic N) is 3. The van der Waals surface area contributed by atoms with Crippen LogP contribution < -0.4 is 15.5 Å². The number of amides is 1. The Hall–Kier alpha value is -2.60. The highest BCUT2D eigenvalue weighted by Crippen LogP contribution is 2.25. The van der Waals surface area contributed by atoms with Crippen molar-refractivity contribution >= 4 is 28.8 Å². The highest BCUT2D eigenvalue weighted by Gasteiger charge is 2.21. The zero-order chi connectivity index (χ0) is 20.1. The van der Waals surface area contributed by atoms with Gasteiger partial charge in [0.05, 0.1) is 11.9 Å².